The van der Waals surface area contributed by atoms with Crippen molar-refractivity contribution in [2.24, 2.45) is 0 Å². The third-order valence-electron chi connectivity index (χ3n) is 6.34. The number of rotatable bonds is 11. The van der Waals surface area contributed by atoms with Crippen LogP contribution in [0.2, 0.25) is 5.02 Å². The molecule has 0 radical (unpaired) electrons. The predicted octanol–water partition coefficient (Wildman–Crippen LogP) is 6.63. The fraction of sp³-hybridized carbons (Fsp3) is 0.345. The number of nitrogens with zero attached hydrogens (tertiary/aromatic N) is 1. The molecule has 1 unspecified atom stereocenters. The van der Waals surface area contributed by atoms with Crippen molar-refractivity contribution in [3.63, 3.8) is 0 Å². The summed E-state index contributed by atoms with van der Waals surface area (Å²) in [5, 5.41) is 3.79. The van der Waals surface area contributed by atoms with Gasteiger partial charge in [0.1, 0.15) is 23.9 Å². The summed E-state index contributed by atoms with van der Waals surface area (Å²) in [6, 6.07) is 25.4. The highest BCUT2D eigenvalue weighted by molar-refractivity contribution is 6.30. The average molecular weight is 493 g/mol. The SMILES string of the molecule is CC(NC(=O)CCCN1CCC[C@@H]1COc1ccc(Oc2ccc(Cl)cc2)cc1)c1ccccc1. The van der Waals surface area contributed by atoms with E-state index in [0.29, 0.717) is 24.1 Å². The fourth-order valence-corrected chi connectivity index (χ4v) is 4.52. The van der Waals surface area contributed by atoms with Crippen molar-refractivity contribution in [3.8, 4) is 17.2 Å². The second-order valence-corrected chi connectivity index (χ2v) is 9.41. The molecule has 2 atom stereocenters. The minimum atomic E-state index is 0.0274. The van der Waals surface area contributed by atoms with Crippen LogP contribution in [0.4, 0.5) is 0 Å². The molecule has 1 N–H and O–H groups in total. The van der Waals surface area contributed by atoms with E-state index in [1.807, 2.05) is 73.7 Å². The van der Waals surface area contributed by atoms with Crippen molar-refractivity contribution in [1.82, 2.24) is 10.2 Å². The molecule has 1 aliphatic rings. The third-order valence-corrected chi connectivity index (χ3v) is 6.59. The molecule has 184 valence electrons. The molecule has 35 heavy (non-hydrogen) atoms. The van der Waals surface area contributed by atoms with Gasteiger partial charge in [-0.1, -0.05) is 41.9 Å². The van der Waals surface area contributed by atoms with Gasteiger partial charge in [-0.25, -0.2) is 0 Å². The molecule has 1 saturated heterocycles. The number of ether oxygens (including phenoxy) is 2. The van der Waals surface area contributed by atoms with Gasteiger partial charge in [-0.2, -0.15) is 0 Å². The van der Waals surface area contributed by atoms with Gasteiger partial charge in [0.15, 0.2) is 0 Å². The van der Waals surface area contributed by atoms with E-state index in [9.17, 15) is 4.79 Å². The lowest BCUT2D eigenvalue weighted by Gasteiger charge is -2.24. The Labute approximate surface area is 213 Å². The number of hydrogen-bond acceptors (Lipinski definition) is 4. The summed E-state index contributed by atoms with van der Waals surface area (Å²) in [4.78, 5) is 14.8. The molecular weight excluding hydrogens is 460 g/mol. The molecule has 1 amide bonds. The number of amides is 1. The van der Waals surface area contributed by atoms with Gasteiger partial charge in [-0.3, -0.25) is 9.69 Å². The van der Waals surface area contributed by atoms with Crippen molar-refractivity contribution in [2.75, 3.05) is 19.7 Å². The molecule has 1 heterocycles. The van der Waals surface area contributed by atoms with Crippen molar-refractivity contribution < 1.29 is 14.3 Å². The number of benzene rings is 3. The zero-order chi connectivity index (χ0) is 24.5. The minimum Gasteiger partial charge on any atom is -0.492 e. The van der Waals surface area contributed by atoms with E-state index >= 15 is 0 Å². The number of hydrogen-bond donors (Lipinski definition) is 1. The van der Waals surface area contributed by atoms with E-state index in [2.05, 4.69) is 10.2 Å². The molecular formula is C29H33ClN2O3. The van der Waals surface area contributed by atoms with Gasteiger partial charge in [0.25, 0.3) is 0 Å². The van der Waals surface area contributed by atoms with Crippen LogP contribution in [0.1, 0.15) is 44.2 Å². The molecule has 0 aromatic heterocycles. The second-order valence-electron chi connectivity index (χ2n) is 8.97. The number of halogens is 1. The van der Waals surface area contributed by atoms with Crippen LogP contribution in [-0.4, -0.2) is 36.5 Å². The number of carbonyl (C=O) groups excluding carboxylic acids is 1. The summed E-state index contributed by atoms with van der Waals surface area (Å²) in [7, 11) is 0. The summed E-state index contributed by atoms with van der Waals surface area (Å²) in [6.07, 6.45) is 3.67. The zero-order valence-corrected chi connectivity index (χ0v) is 20.9. The van der Waals surface area contributed by atoms with Crippen LogP contribution < -0.4 is 14.8 Å². The lowest BCUT2D eigenvalue weighted by Crippen LogP contribution is -2.35. The first kappa shape index (κ1) is 25.1. The topological polar surface area (TPSA) is 50.8 Å². The van der Waals surface area contributed by atoms with E-state index in [-0.39, 0.29) is 11.9 Å². The summed E-state index contributed by atoms with van der Waals surface area (Å²) in [5.74, 6) is 2.43. The Hall–Kier alpha value is -3.02. The molecule has 0 saturated carbocycles. The van der Waals surface area contributed by atoms with Gasteiger partial charge in [-0.05, 0) is 93.4 Å². The number of nitrogens with one attached hydrogen (secondary N) is 1. The first-order chi connectivity index (χ1) is 17.1. The molecule has 3 aromatic rings. The highest BCUT2D eigenvalue weighted by Gasteiger charge is 2.25. The largest absolute Gasteiger partial charge is 0.492 e. The normalized spacial score (nSPS) is 16.6. The van der Waals surface area contributed by atoms with Crippen LogP contribution in [0.15, 0.2) is 78.9 Å². The van der Waals surface area contributed by atoms with Crippen LogP contribution in [0.5, 0.6) is 17.2 Å². The van der Waals surface area contributed by atoms with E-state index in [1.165, 1.54) is 6.42 Å². The first-order valence-electron chi connectivity index (χ1n) is 12.3. The standard InChI is InChI=1S/C29H33ClN2O3/c1-22(23-7-3-2-4-8-23)31-29(33)10-6-20-32-19-5-9-25(32)21-34-26-15-17-28(18-16-26)35-27-13-11-24(30)12-14-27/h2-4,7-8,11-18,22,25H,5-6,9-10,19-21H2,1H3,(H,31,33)/t22?,25-/m1/s1. The molecule has 4 rings (SSSR count). The third kappa shape index (κ3) is 7.74. The Morgan fingerprint density at radius 3 is 2.37 bits per heavy atom. The van der Waals surface area contributed by atoms with Gasteiger partial charge in [0, 0.05) is 17.5 Å². The van der Waals surface area contributed by atoms with Crippen LogP contribution >= 0.6 is 11.6 Å². The highest BCUT2D eigenvalue weighted by Crippen LogP contribution is 2.26. The lowest BCUT2D eigenvalue weighted by atomic mass is 10.1. The maximum Gasteiger partial charge on any atom is 0.220 e. The van der Waals surface area contributed by atoms with Crippen LogP contribution in [0, 0.1) is 0 Å². The zero-order valence-electron chi connectivity index (χ0n) is 20.2. The van der Waals surface area contributed by atoms with Crippen molar-refractivity contribution in [2.45, 2.75) is 44.7 Å². The van der Waals surface area contributed by atoms with Crippen LogP contribution in [-0.2, 0) is 4.79 Å². The van der Waals surface area contributed by atoms with Crippen LogP contribution in [0.3, 0.4) is 0 Å². The monoisotopic (exact) mass is 492 g/mol. The van der Waals surface area contributed by atoms with Gasteiger partial charge >= 0.3 is 0 Å². The van der Waals surface area contributed by atoms with Gasteiger partial charge in [0.2, 0.25) is 5.91 Å². The fourth-order valence-electron chi connectivity index (χ4n) is 4.39. The first-order valence-corrected chi connectivity index (χ1v) is 12.7. The van der Waals surface area contributed by atoms with Gasteiger partial charge < -0.3 is 14.8 Å². The molecule has 0 aliphatic carbocycles. The quantitative estimate of drug-likeness (QED) is 0.326. The molecule has 3 aromatic carbocycles. The summed E-state index contributed by atoms with van der Waals surface area (Å²) < 4.78 is 11.9. The molecule has 0 spiro atoms. The number of likely N-dealkylation sites (tertiary alicyclic amines) is 1. The highest BCUT2D eigenvalue weighted by atomic mass is 35.5. The van der Waals surface area contributed by atoms with Crippen molar-refractivity contribution in [3.05, 3.63) is 89.4 Å². The van der Waals surface area contributed by atoms with E-state index in [4.69, 9.17) is 21.1 Å². The Bertz CT molecular complexity index is 1060. The van der Waals surface area contributed by atoms with Crippen LogP contribution in [0.25, 0.3) is 0 Å². The Morgan fingerprint density at radius 2 is 1.66 bits per heavy atom. The van der Waals surface area contributed by atoms with Gasteiger partial charge in [-0.15, -0.1) is 0 Å². The molecule has 5 nitrogen and oxygen atoms in total. The van der Waals surface area contributed by atoms with Gasteiger partial charge in [0.05, 0.1) is 6.04 Å². The average Bonchev–Trinajstić information content (AvgIpc) is 3.33. The Kier molecular flexibility index (Phi) is 9.04. The summed E-state index contributed by atoms with van der Waals surface area (Å²) >= 11 is 5.92. The molecule has 6 heteroatoms. The van der Waals surface area contributed by atoms with Crippen molar-refractivity contribution in [1.29, 1.82) is 0 Å². The van der Waals surface area contributed by atoms with E-state index in [1.54, 1.807) is 12.1 Å². The van der Waals surface area contributed by atoms with E-state index < -0.39 is 0 Å². The smallest absolute Gasteiger partial charge is 0.220 e. The predicted molar refractivity (Wildman–Crippen MR) is 140 cm³/mol. The molecule has 1 fully saturated rings. The maximum atomic E-state index is 12.4. The van der Waals surface area contributed by atoms with Crippen molar-refractivity contribution >= 4 is 17.5 Å². The maximum absolute atomic E-state index is 12.4. The van der Waals surface area contributed by atoms with E-state index in [0.717, 1.165) is 48.7 Å². The summed E-state index contributed by atoms with van der Waals surface area (Å²) in [6.45, 7) is 4.64. The summed E-state index contributed by atoms with van der Waals surface area (Å²) in [5.41, 5.74) is 1.13. The lowest BCUT2D eigenvalue weighted by molar-refractivity contribution is -0.121. The molecule has 0 bridgehead atoms. The number of carbonyl (C=O) groups is 1. The Balaban J connectivity index is 1.17. The second kappa shape index (κ2) is 12.6. The Morgan fingerprint density at radius 1 is 1.00 bits per heavy atom. The minimum absolute atomic E-state index is 0.0274. The molecule has 1 aliphatic heterocycles.